The van der Waals surface area contributed by atoms with Gasteiger partial charge in [0.2, 0.25) is 0 Å². The van der Waals surface area contributed by atoms with Gasteiger partial charge in [-0.3, -0.25) is 9.59 Å². The van der Waals surface area contributed by atoms with E-state index >= 15 is 0 Å². The summed E-state index contributed by atoms with van der Waals surface area (Å²) in [6, 6.07) is 19.8. The number of hydrogen-bond donors (Lipinski definition) is 2. The average molecular weight is 416 g/mol. The largest absolute Gasteiger partial charge is 0.463 e. The van der Waals surface area contributed by atoms with Crippen LogP contribution < -0.4 is 15.6 Å². The van der Waals surface area contributed by atoms with Crippen LogP contribution in [0.15, 0.2) is 88.2 Å². The van der Waals surface area contributed by atoms with Gasteiger partial charge in [0.05, 0.1) is 6.26 Å². The molecule has 0 spiro atoms. The topological polar surface area (TPSA) is 86.9 Å². The lowest BCUT2D eigenvalue weighted by Gasteiger charge is -2.13. The van der Waals surface area contributed by atoms with Crippen molar-refractivity contribution in [1.82, 2.24) is 10.7 Å². The third-order valence-electron chi connectivity index (χ3n) is 4.45. The number of carbonyl (C=O) groups is 2. The van der Waals surface area contributed by atoms with Crippen molar-refractivity contribution in [1.29, 1.82) is 0 Å². The molecule has 3 aromatic rings. The molecule has 0 bridgehead atoms. The van der Waals surface area contributed by atoms with Gasteiger partial charge < -0.3 is 14.6 Å². The Hall–Kier alpha value is -4.13. The van der Waals surface area contributed by atoms with Gasteiger partial charge in [-0.1, -0.05) is 30.3 Å². The Kier molecular flexibility index (Phi) is 7.01. The summed E-state index contributed by atoms with van der Waals surface area (Å²) in [6.45, 7) is 1.71. The van der Waals surface area contributed by atoms with E-state index in [9.17, 15) is 9.59 Å². The van der Waals surface area contributed by atoms with Crippen LogP contribution >= 0.6 is 0 Å². The van der Waals surface area contributed by atoms with Gasteiger partial charge in [-0.25, -0.2) is 5.43 Å². The standard InChI is InChI=1S/C24H24N4O3/c1-17(22-10-7-15-31-22)26-27-24(30)21(25-23(29)19-8-5-4-6-9-19)16-18-11-13-20(14-12-18)28(2)3/h4-16H,1-3H3,(H,25,29)(H,27,30). The monoisotopic (exact) mass is 416 g/mol. The highest BCUT2D eigenvalue weighted by Gasteiger charge is 2.15. The van der Waals surface area contributed by atoms with Crippen LogP contribution in [0.4, 0.5) is 5.69 Å². The number of benzene rings is 2. The molecule has 0 aliphatic rings. The van der Waals surface area contributed by atoms with E-state index in [2.05, 4.69) is 15.8 Å². The maximum absolute atomic E-state index is 12.8. The zero-order chi connectivity index (χ0) is 22.2. The second kappa shape index (κ2) is 10.1. The first kappa shape index (κ1) is 21.6. The molecule has 7 heteroatoms. The number of rotatable bonds is 7. The summed E-state index contributed by atoms with van der Waals surface area (Å²) < 4.78 is 5.27. The van der Waals surface area contributed by atoms with E-state index in [-0.39, 0.29) is 5.70 Å². The van der Waals surface area contributed by atoms with Crippen LogP contribution in [0.5, 0.6) is 0 Å². The normalized spacial score (nSPS) is 11.7. The SMILES string of the molecule is CC(=NNC(=O)C(=Cc1ccc(N(C)C)cc1)NC(=O)c1ccccc1)c1ccco1. The fraction of sp³-hybridized carbons (Fsp3) is 0.125. The molecule has 0 unspecified atom stereocenters. The molecule has 31 heavy (non-hydrogen) atoms. The van der Waals surface area contributed by atoms with Gasteiger partial charge >= 0.3 is 0 Å². The van der Waals surface area contributed by atoms with Crippen molar-refractivity contribution in [2.45, 2.75) is 6.92 Å². The van der Waals surface area contributed by atoms with Crippen molar-refractivity contribution in [3.8, 4) is 0 Å². The van der Waals surface area contributed by atoms with Crippen molar-refractivity contribution in [2.75, 3.05) is 19.0 Å². The number of furan rings is 1. The van der Waals surface area contributed by atoms with Crippen LogP contribution in [0.25, 0.3) is 6.08 Å². The van der Waals surface area contributed by atoms with E-state index in [1.807, 2.05) is 49.3 Å². The Balaban J connectivity index is 1.84. The van der Waals surface area contributed by atoms with Crippen molar-refractivity contribution >= 4 is 29.3 Å². The number of amides is 2. The van der Waals surface area contributed by atoms with Gasteiger partial charge in [0.15, 0.2) is 0 Å². The Morgan fingerprint density at radius 2 is 1.68 bits per heavy atom. The molecule has 0 aliphatic carbocycles. The summed E-state index contributed by atoms with van der Waals surface area (Å²) in [4.78, 5) is 27.4. The van der Waals surface area contributed by atoms with Crippen molar-refractivity contribution in [3.05, 3.63) is 95.6 Å². The molecule has 2 N–H and O–H groups in total. The summed E-state index contributed by atoms with van der Waals surface area (Å²) in [5.41, 5.74) is 5.28. The van der Waals surface area contributed by atoms with Gasteiger partial charge in [-0.15, -0.1) is 0 Å². The van der Waals surface area contributed by atoms with Crippen molar-refractivity contribution in [2.24, 2.45) is 5.10 Å². The molecule has 0 saturated heterocycles. The van der Waals surface area contributed by atoms with E-state index in [4.69, 9.17) is 4.42 Å². The second-order valence-corrected chi connectivity index (χ2v) is 6.98. The van der Waals surface area contributed by atoms with Gasteiger partial charge in [0.1, 0.15) is 17.2 Å². The average Bonchev–Trinajstić information content (AvgIpc) is 3.33. The van der Waals surface area contributed by atoms with Crippen LogP contribution in [0, 0.1) is 0 Å². The highest BCUT2D eigenvalue weighted by molar-refractivity contribution is 6.06. The predicted molar refractivity (Wildman–Crippen MR) is 122 cm³/mol. The summed E-state index contributed by atoms with van der Waals surface area (Å²) in [5, 5.41) is 6.76. The molecule has 2 aromatic carbocycles. The predicted octanol–water partition coefficient (Wildman–Crippen LogP) is 3.66. The highest BCUT2D eigenvalue weighted by atomic mass is 16.3. The zero-order valence-electron chi connectivity index (χ0n) is 17.6. The smallest absolute Gasteiger partial charge is 0.287 e. The fourth-order valence-corrected chi connectivity index (χ4v) is 2.71. The van der Waals surface area contributed by atoms with Gasteiger partial charge in [-0.05, 0) is 55.0 Å². The number of anilines is 1. The molecule has 1 heterocycles. The van der Waals surface area contributed by atoms with Crippen molar-refractivity contribution in [3.63, 3.8) is 0 Å². The molecule has 0 radical (unpaired) electrons. The molecule has 158 valence electrons. The summed E-state index contributed by atoms with van der Waals surface area (Å²) in [5.74, 6) is -0.399. The van der Waals surface area contributed by atoms with E-state index in [0.717, 1.165) is 11.3 Å². The number of carbonyl (C=O) groups excluding carboxylic acids is 2. The first-order valence-corrected chi connectivity index (χ1v) is 9.68. The van der Waals surface area contributed by atoms with E-state index in [1.54, 1.807) is 49.4 Å². The maximum Gasteiger partial charge on any atom is 0.287 e. The highest BCUT2D eigenvalue weighted by Crippen LogP contribution is 2.14. The van der Waals surface area contributed by atoms with Gasteiger partial charge in [0, 0.05) is 25.3 Å². The van der Waals surface area contributed by atoms with Crippen LogP contribution in [-0.2, 0) is 4.79 Å². The lowest BCUT2D eigenvalue weighted by molar-refractivity contribution is -0.117. The van der Waals surface area contributed by atoms with Crippen molar-refractivity contribution < 1.29 is 14.0 Å². The van der Waals surface area contributed by atoms with Crippen LogP contribution in [-0.4, -0.2) is 31.6 Å². The Labute approximate surface area is 181 Å². The number of hydrogen-bond acceptors (Lipinski definition) is 5. The lowest BCUT2D eigenvalue weighted by atomic mass is 10.1. The number of nitrogens with one attached hydrogen (secondary N) is 2. The van der Waals surface area contributed by atoms with E-state index in [0.29, 0.717) is 17.0 Å². The molecule has 0 saturated carbocycles. The lowest BCUT2D eigenvalue weighted by Crippen LogP contribution is -2.33. The quantitative estimate of drug-likeness (QED) is 0.350. The molecule has 3 rings (SSSR count). The Morgan fingerprint density at radius 3 is 2.29 bits per heavy atom. The molecule has 0 fully saturated rings. The van der Waals surface area contributed by atoms with Gasteiger partial charge in [0.25, 0.3) is 11.8 Å². The third kappa shape index (κ3) is 5.93. The zero-order valence-corrected chi connectivity index (χ0v) is 17.6. The first-order chi connectivity index (χ1) is 14.9. The minimum atomic E-state index is -0.549. The fourth-order valence-electron chi connectivity index (χ4n) is 2.71. The molecule has 0 aliphatic heterocycles. The first-order valence-electron chi connectivity index (χ1n) is 9.68. The van der Waals surface area contributed by atoms with Crippen LogP contribution in [0.1, 0.15) is 28.6 Å². The van der Waals surface area contributed by atoms with Crippen LogP contribution in [0.3, 0.4) is 0 Å². The van der Waals surface area contributed by atoms with E-state index in [1.165, 1.54) is 6.26 Å². The molecule has 1 aromatic heterocycles. The summed E-state index contributed by atoms with van der Waals surface area (Å²) in [6.07, 6.45) is 3.13. The number of nitrogens with zero attached hydrogens (tertiary/aromatic N) is 2. The minimum absolute atomic E-state index is 0.0717. The van der Waals surface area contributed by atoms with Gasteiger partial charge in [-0.2, -0.15) is 5.10 Å². The second-order valence-electron chi connectivity index (χ2n) is 6.98. The third-order valence-corrected chi connectivity index (χ3v) is 4.45. The molecule has 7 nitrogen and oxygen atoms in total. The summed E-state index contributed by atoms with van der Waals surface area (Å²) in [7, 11) is 3.90. The summed E-state index contributed by atoms with van der Waals surface area (Å²) >= 11 is 0. The van der Waals surface area contributed by atoms with Crippen LogP contribution in [0.2, 0.25) is 0 Å². The molecular formula is C24H24N4O3. The Morgan fingerprint density at radius 1 is 0.968 bits per heavy atom. The number of hydrazone groups is 1. The molecule has 0 atom stereocenters. The minimum Gasteiger partial charge on any atom is -0.463 e. The molecule has 2 amide bonds. The maximum atomic E-state index is 12.8. The Bertz CT molecular complexity index is 1080. The van der Waals surface area contributed by atoms with E-state index < -0.39 is 11.8 Å². The molecular weight excluding hydrogens is 392 g/mol.